The van der Waals surface area contributed by atoms with E-state index in [-0.39, 0.29) is 16.3 Å². The summed E-state index contributed by atoms with van der Waals surface area (Å²) in [6, 6.07) is 4.25. The van der Waals surface area contributed by atoms with Gasteiger partial charge in [-0.1, -0.05) is 17.7 Å². The normalized spacial score (nSPS) is 10.1. The molecule has 0 atom stereocenters. The second-order valence-corrected chi connectivity index (χ2v) is 3.43. The fraction of sp³-hybridized carbons (Fsp3) is 0. The van der Waals surface area contributed by atoms with Crippen LogP contribution in [0.4, 0.5) is 4.39 Å². The standard InChI is InChI=1S/C11H6ClFN2O/c12-8-3-1-2-7(10(8)13)11(16)9-6-14-4-5-15-9/h1-6H. The van der Waals surface area contributed by atoms with Gasteiger partial charge in [0.2, 0.25) is 5.78 Å². The molecular weight excluding hydrogens is 231 g/mol. The zero-order valence-electron chi connectivity index (χ0n) is 8.02. The van der Waals surface area contributed by atoms with Crippen molar-refractivity contribution in [1.82, 2.24) is 9.97 Å². The second-order valence-electron chi connectivity index (χ2n) is 3.02. The highest BCUT2D eigenvalue weighted by molar-refractivity contribution is 6.31. The summed E-state index contributed by atoms with van der Waals surface area (Å²) in [6.45, 7) is 0. The minimum absolute atomic E-state index is 0.0867. The molecule has 3 nitrogen and oxygen atoms in total. The third-order valence-corrected chi connectivity index (χ3v) is 2.28. The maximum absolute atomic E-state index is 13.5. The van der Waals surface area contributed by atoms with Crippen LogP contribution in [0.1, 0.15) is 16.1 Å². The number of benzene rings is 1. The van der Waals surface area contributed by atoms with Gasteiger partial charge in [0.1, 0.15) is 5.69 Å². The molecule has 0 radical (unpaired) electrons. The van der Waals surface area contributed by atoms with E-state index in [0.29, 0.717) is 0 Å². The van der Waals surface area contributed by atoms with Gasteiger partial charge in [0.15, 0.2) is 5.82 Å². The van der Waals surface area contributed by atoms with Crippen LogP contribution in [-0.2, 0) is 0 Å². The highest BCUT2D eigenvalue weighted by Crippen LogP contribution is 2.19. The summed E-state index contributed by atoms with van der Waals surface area (Å²) in [6.07, 6.45) is 4.09. The van der Waals surface area contributed by atoms with E-state index in [1.165, 1.54) is 36.8 Å². The van der Waals surface area contributed by atoms with Crippen molar-refractivity contribution >= 4 is 17.4 Å². The van der Waals surface area contributed by atoms with Gasteiger partial charge >= 0.3 is 0 Å². The van der Waals surface area contributed by atoms with Crippen LogP contribution in [0.3, 0.4) is 0 Å². The van der Waals surface area contributed by atoms with Crippen molar-refractivity contribution in [3.63, 3.8) is 0 Å². The number of rotatable bonds is 2. The van der Waals surface area contributed by atoms with Crippen molar-refractivity contribution in [2.45, 2.75) is 0 Å². The Hall–Kier alpha value is -1.81. The lowest BCUT2D eigenvalue weighted by Gasteiger charge is -2.02. The van der Waals surface area contributed by atoms with E-state index < -0.39 is 11.6 Å². The Kier molecular flexibility index (Phi) is 2.92. The largest absolute Gasteiger partial charge is 0.287 e. The van der Waals surface area contributed by atoms with Crippen LogP contribution in [-0.4, -0.2) is 15.8 Å². The van der Waals surface area contributed by atoms with Gasteiger partial charge in [0.05, 0.1) is 16.8 Å². The molecule has 80 valence electrons. The lowest BCUT2D eigenvalue weighted by molar-refractivity contribution is 0.103. The summed E-state index contributed by atoms with van der Waals surface area (Å²) in [5.41, 5.74) is -0.0170. The Labute approximate surface area is 95.9 Å². The molecule has 1 aromatic carbocycles. The van der Waals surface area contributed by atoms with Crippen LogP contribution in [0.15, 0.2) is 36.8 Å². The van der Waals surface area contributed by atoms with Crippen molar-refractivity contribution < 1.29 is 9.18 Å². The molecule has 0 aliphatic heterocycles. The first kappa shape index (κ1) is 10.7. The quantitative estimate of drug-likeness (QED) is 0.753. The predicted octanol–water partition coefficient (Wildman–Crippen LogP) is 2.50. The van der Waals surface area contributed by atoms with Crippen molar-refractivity contribution in [2.75, 3.05) is 0 Å². The first-order chi connectivity index (χ1) is 7.70. The van der Waals surface area contributed by atoms with Gasteiger partial charge in [0, 0.05) is 12.4 Å². The summed E-state index contributed by atoms with van der Waals surface area (Å²) in [5.74, 6) is -1.27. The van der Waals surface area contributed by atoms with Crippen LogP contribution in [0.25, 0.3) is 0 Å². The minimum atomic E-state index is -0.736. The summed E-state index contributed by atoms with van der Waals surface area (Å²) in [4.78, 5) is 19.4. The first-order valence-corrected chi connectivity index (χ1v) is 4.82. The summed E-state index contributed by atoms with van der Waals surface area (Å²) < 4.78 is 13.5. The van der Waals surface area contributed by atoms with Crippen LogP contribution in [0, 0.1) is 5.82 Å². The monoisotopic (exact) mass is 236 g/mol. The fourth-order valence-corrected chi connectivity index (χ4v) is 1.41. The summed E-state index contributed by atoms with van der Waals surface area (Å²) >= 11 is 5.58. The van der Waals surface area contributed by atoms with E-state index in [9.17, 15) is 9.18 Å². The SMILES string of the molecule is O=C(c1cnccn1)c1cccc(Cl)c1F. The molecule has 0 bridgehead atoms. The molecule has 1 aromatic heterocycles. The number of nitrogens with zero attached hydrogens (tertiary/aromatic N) is 2. The third-order valence-electron chi connectivity index (χ3n) is 1.99. The molecule has 0 unspecified atom stereocenters. The van der Waals surface area contributed by atoms with Gasteiger partial charge < -0.3 is 0 Å². The van der Waals surface area contributed by atoms with Crippen molar-refractivity contribution in [3.05, 3.63) is 58.9 Å². The number of hydrogen-bond donors (Lipinski definition) is 0. The van der Waals surface area contributed by atoms with Gasteiger partial charge in [-0.15, -0.1) is 0 Å². The Morgan fingerprint density at radius 3 is 2.81 bits per heavy atom. The highest BCUT2D eigenvalue weighted by atomic mass is 35.5. The van der Waals surface area contributed by atoms with Gasteiger partial charge in [-0.05, 0) is 12.1 Å². The molecule has 0 saturated carbocycles. The molecule has 0 fully saturated rings. The molecule has 0 saturated heterocycles. The van der Waals surface area contributed by atoms with Gasteiger partial charge in [-0.2, -0.15) is 0 Å². The molecule has 0 aliphatic carbocycles. The second kappa shape index (κ2) is 4.37. The Bertz CT molecular complexity index is 531. The number of halogens is 2. The fourth-order valence-electron chi connectivity index (χ4n) is 1.23. The molecule has 0 amide bonds. The van der Waals surface area contributed by atoms with E-state index in [0.717, 1.165) is 0 Å². The highest BCUT2D eigenvalue weighted by Gasteiger charge is 2.16. The number of hydrogen-bond acceptors (Lipinski definition) is 3. The van der Waals surface area contributed by atoms with Crippen molar-refractivity contribution in [3.8, 4) is 0 Å². The number of aromatic nitrogens is 2. The molecule has 0 spiro atoms. The average Bonchev–Trinajstić information content (AvgIpc) is 2.33. The van der Waals surface area contributed by atoms with Crippen LogP contribution in [0.5, 0.6) is 0 Å². The zero-order chi connectivity index (χ0) is 11.5. The van der Waals surface area contributed by atoms with Crippen LogP contribution >= 0.6 is 11.6 Å². The van der Waals surface area contributed by atoms with Gasteiger partial charge in [0.25, 0.3) is 0 Å². The first-order valence-electron chi connectivity index (χ1n) is 4.45. The van der Waals surface area contributed by atoms with Crippen LogP contribution < -0.4 is 0 Å². The smallest absolute Gasteiger partial charge is 0.215 e. The molecule has 0 aliphatic rings. The summed E-state index contributed by atoms with van der Waals surface area (Å²) in [7, 11) is 0. The third kappa shape index (κ3) is 1.92. The van der Waals surface area contributed by atoms with E-state index in [4.69, 9.17) is 11.6 Å². The number of ketones is 1. The molecule has 2 rings (SSSR count). The van der Waals surface area contributed by atoms with E-state index in [2.05, 4.69) is 9.97 Å². The van der Waals surface area contributed by atoms with E-state index in [1.807, 2.05) is 0 Å². The Balaban J connectivity index is 2.46. The molecule has 1 heterocycles. The minimum Gasteiger partial charge on any atom is -0.287 e. The Morgan fingerprint density at radius 2 is 2.12 bits per heavy atom. The topological polar surface area (TPSA) is 42.9 Å². The number of carbonyl (C=O) groups is 1. The molecule has 0 N–H and O–H groups in total. The van der Waals surface area contributed by atoms with E-state index >= 15 is 0 Å². The molecule has 2 aromatic rings. The summed E-state index contributed by atoms with van der Waals surface area (Å²) in [5, 5.41) is -0.0882. The zero-order valence-corrected chi connectivity index (χ0v) is 8.78. The molecular formula is C11H6ClFN2O. The number of carbonyl (C=O) groups excluding carboxylic acids is 1. The maximum Gasteiger partial charge on any atom is 0.215 e. The maximum atomic E-state index is 13.5. The van der Waals surface area contributed by atoms with Gasteiger partial charge in [-0.3, -0.25) is 9.78 Å². The molecule has 16 heavy (non-hydrogen) atoms. The van der Waals surface area contributed by atoms with Crippen molar-refractivity contribution in [2.24, 2.45) is 0 Å². The lowest BCUT2D eigenvalue weighted by Crippen LogP contribution is -2.06. The Morgan fingerprint density at radius 1 is 1.31 bits per heavy atom. The predicted molar refractivity (Wildman–Crippen MR) is 56.9 cm³/mol. The van der Waals surface area contributed by atoms with Crippen LogP contribution in [0.2, 0.25) is 5.02 Å². The lowest BCUT2D eigenvalue weighted by atomic mass is 10.1. The molecule has 5 heteroatoms. The van der Waals surface area contributed by atoms with Crippen molar-refractivity contribution in [1.29, 1.82) is 0 Å². The average molecular weight is 237 g/mol. The van der Waals surface area contributed by atoms with Gasteiger partial charge in [-0.25, -0.2) is 9.37 Å². The van der Waals surface area contributed by atoms with E-state index in [1.54, 1.807) is 0 Å².